The number of carbonyl (C=O) groups is 1. The summed E-state index contributed by atoms with van der Waals surface area (Å²) in [4.78, 5) is 11.2. The topological polar surface area (TPSA) is 55.8 Å². The highest BCUT2D eigenvalue weighted by molar-refractivity contribution is 6.65. The largest absolute Gasteiger partial charge is 0.497 e. The van der Waals surface area contributed by atoms with E-state index in [1.54, 1.807) is 25.0 Å². The highest BCUT2D eigenvalue weighted by Crippen LogP contribution is 2.12. The molecule has 0 amide bonds. The molecular formula is C10H13BO4. The van der Waals surface area contributed by atoms with Gasteiger partial charge in [0.15, 0.2) is 0 Å². The predicted octanol–water partition coefficient (Wildman–Crippen LogP) is 0.302. The zero-order chi connectivity index (χ0) is 11.4. The van der Waals surface area contributed by atoms with Crippen LogP contribution in [0.5, 0.6) is 5.75 Å². The molecule has 0 atom stereocenters. The third-order valence-electron chi connectivity index (χ3n) is 2.10. The van der Waals surface area contributed by atoms with E-state index in [2.05, 4.69) is 4.74 Å². The van der Waals surface area contributed by atoms with Gasteiger partial charge in [0.05, 0.1) is 19.8 Å². The number of esters is 1. The molecule has 15 heavy (non-hydrogen) atoms. The lowest BCUT2D eigenvalue weighted by molar-refractivity contribution is 0.0600. The molecule has 80 valence electrons. The molecule has 0 aliphatic rings. The quantitative estimate of drug-likeness (QED) is 0.573. The van der Waals surface area contributed by atoms with Gasteiger partial charge in [-0.25, -0.2) is 4.79 Å². The van der Waals surface area contributed by atoms with Gasteiger partial charge in [0.1, 0.15) is 5.75 Å². The molecular weight excluding hydrogens is 195 g/mol. The van der Waals surface area contributed by atoms with E-state index in [1.807, 2.05) is 0 Å². The van der Waals surface area contributed by atoms with Crippen molar-refractivity contribution in [2.45, 2.75) is 6.82 Å². The Bertz CT molecular complexity index is 362. The summed E-state index contributed by atoms with van der Waals surface area (Å²) in [6.07, 6.45) is 0. The maximum atomic E-state index is 11.2. The Morgan fingerprint density at radius 3 is 2.53 bits per heavy atom. The van der Waals surface area contributed by atoms with E-state index in [1.165, 1.54) is 14.2 Å². The maximum Gasteiger partial charge on any atom is 0.337 e. The van der Waals surface area contributed by atoms with Crippen LogP contribution in [-0.2, 0) is 4.74 Å². The van der Waals surface area contributed by atoms with Gasteiger partial charge in [-0.15, -0.1) is 0 Å². The minimum atomic E-state index is -0.633. The average Bonchev–Trinajstić information content (AvgIpc) is 2.26. The standard InChI is InChI=1S/C10H13BO4/c1-11(13)8-5-4-7(10(12)15-3)6-9(8)14-2/h4-6,13H,1-3H3. The molecule has 0 aliphatic heterocycles. The van der Waals surface area contributed by atoms with Gasteiger partial charge in [-0.2, -0.15) is 0 Å². The Morgan fingerprint density at radius 2 is 2.07 bits per heavy atom. The Labute approximate surface area is 88.9 Å². The minimum absolute atomic E-state index is 0.402. The first-order chi connectivity index (χ1) is 7.10. The van der Waals surface area contributed by atoms with Crippen LogP contribution in [0.25, 0.3) is 0 Å². The lowest BCUT2D eigenvalue weighted by atomic mass is 9.64. The number of carbonyl (C=O) groups excluding carboxylic acids is 1. The molecule has 0 bridgehead atoms. The fourth-order valence-corrected chi connectivity index (χ4v) is 1.30. The van der Waals surface area contributed by atoms with Crippen LogP contribution in [0, 0.1) is 0 Å². The molecule has 0 aromatic heterocycles. The molecule has 0 saturated heterocycles. The zero-order valence-corrected chi connectivity index (χ0v) is 8.98. The summed E-state index contributed by atoms with van der Waals surface area (Å²) in [6, 6.07) is 4.79. The zero-order valence-electron chi connectivity index (χ0n) is 8.98. The minimum Gasteiger partial charge on any atom is -0.497 e. The van der Waals surface area contributed by atoms with E-state index in [-0.39, 0.29) is 0 Å². The molecule has 0 spiro atoms. The van der Waals surface area contributed by atoms with Crippen molar-refractivity contribution in [3.8, 4) is 5.75 Å². The van der Waals surface area contributed by atoms with Crippen molar-refractivity contribution in [1.29, 1.82) is 0 Å². The summed E-state index contributed by atoms with van der Waals surface area (Å²) in [5.41, 5.74) is 1.05. The lowest BCUT2D eigenvalue weighted by Crippen LogP contribution is -2.28. The van der Waals surface area contributed by atoms with Crippen LogP contribution in [0.3, 0.4) is 0 Å². The lowest BCUT2D eigenvalue weighted by Gasteiger charge is -2.09. The van der Waals surface area contributed by atoms with Crippen LogP contribution in [0.15, 0.2) is 18.2 Å². The molecule has 5 heteroatoms. The molecule has 1 rings (SSSR count). The van der Waals surface area contributed by atoms with E-state index in [0.717, 1.165) is 0 Å². The smallest absolute Gasteiger partial charge is 0.337 e. The third-order valence-corrected chi connectivity index (χ3v) is 2.10. The number of ether oxygens (including phenoxy) is 2. The van der Waals surface area contributed by atoms with Crippen LogP contribution in [-0.4, -0.2) is 32.1 Å². The molecule has 1 N–H and O–H groups in total. The maximum absolute atomic E-state index is 11.2. The highest BCUT2D eigenvalue weighted by Gasteiger charge is 2.15. The first-order valence-electron chi connectivity index (χ1n) is 4.54. The fraction of sp³-hybridized carbons (Fsp3) is 0.300. The molecule has 0 fully saturated rings. The predicted molar refractivity (Wildman–Crippen MR) is 57.8 cm³/mol. The number of benzene rings is 1. The molecule has 0 saturated carbocycles. The summed E-state index contributed by atoms with van der Waals surface area (Å²) in [6.45, 7) is 1.00. The van der Waals surface area contributed by atoms with E-state index in [4.69, 9.17) is 4.74 Å². The summed E-state index contributed by atoms with van der Waals surface area (Å²) in [5, 5.41) is 9.43. The van der Waals surface area contributed by atoms with Crippen LogP contribution < -0.4 is 10.2 Å². The van der Waals surface area contributed by atoms with E-state index < -0.39 is 12.9 Å². The van der Waals surface area contributed by atoms with Crippen LogP contribution in [0.4, 0.5) is 0 Å². The third kappa shape index (κ3) is 2.50. The second-order valence-electron chi connectivity index (χ2n) is 3.12. The average molecular weight is 208 g/mol. The van der Waals surface area contributed by atoms with Crippen molar-refractivity contribution in [1.82, 2.24) is 0 Å². The monoisotopic (exact) mass is 208 g/mol. The van der Waals surface area contributed by atoms with Crippen molar-refractivity contribution in [3.63, 3.8) is 0 Å². The van der Waals surface area contributed by atoms with Gasteiger partial charge in [-0.1, -0.05) is 12.9 Å². The summed E-state index contributed by atoms with van der Waals surface area (Å²) in [7, 11) is 2.81. The number of rotatable bonds is 3. The van der Waals surface area contributed by atoms with Crippen molar-refractivity contribution in [2.75, 3.05) is 14.2 Å². The Morgan fingerprint density at radius 1 is 1.40 bits per heavy atom. The summed E-state index contributed by atoms with van der Waals surface area (Å²) >= 11 is 0. The van der Waals surface area contributed by atoms with Gasteiger partial charge in [0.25, 0.3) is 0 Å². The van der Waals surface area contributed by atoms with Gasteiger partial charge >= 0.3 is 12.9 Å². The van der Waals surface area contributed by atoms with Crippen molar-refractivity contribution < 1.29 is 19.3 Å². The van der Waals surface area contributed by atoms with Gasteiger partial charge in [-0.05, 0) is 17.6 Å². The second-order valence-corrected chi connectivity index (χ2v) is 3.12. The molecule has 0 heterocycles. The van der Waals surface area contributed by atoms with Gasteiger partial charge in [0.2, 0.25) is 0 Å². The number of hydrogen-bond donors (Lipinski definition) is 1. The Hall–Kier alpha value is -1.49. The molecule has 0 aliphatic carbocycles. The van der Waals surface area contributed by atoms with Gasteiger partial charge in [-0.3, -0.25) is 0 Å². The van der Waals surface area contributed by atoms with Crippen LogP contribution in [0.1, 0.15) is 10.4 Å². The van der Waals surface area contributed by atoms with E-state index >= 15 is 0 Å². The van der Waals surface area contributed by atoms with E-state index in [0.29, 0.717) is 16.8 Å². The van der Waals surface area contributed by atoms with Crippen molar-refractivity contribution in [3.05, 3.63) is 23.8 Å². The first kappa shape index (κ1) is 11.6. The number of hydrogen-bond acceptors (Lipinski definition) is 4. The first-order valence-corrected chi connectivity index (χ1v) is 4.54. The second kappa shape index (κ2) is 4.84. The summed E-state index contributed by atoms with van der Waals surface area (Å²) in [5.74, 6) is 0.0540. The molecule has 4 nitrogen and oxygen atoms in total. The number of methoxy groups -OCH3 is 2. The Balaban J connectivity index is 3.13. The van der Waals surface area contributed by atoms with Gasteiger partial charge < -0.3 is 14.5 Å². The Kier molecular flexibility index (Phi) is 3.74. The molecule has 1 aromatic rings. The summed E-state index contributed by atoms with van der Waals surface area (Å²) < 4.78 is 9.65. The van der Waals surface area contributed by atoms with E-state index in [9.17, 15) is 9.82 Å². The molecule has 0 unspecified atom stereocenters. The molecule has 0 radical (unpaired) electrons. The SMILES string of the molecule is COC(=O)c1ccc(B(C)O)c(OC)c1. The van der Waals surface area contributed by atoms with Gasteiger partial charge in [0, 0.05) is 0 Å². The van der Waals surface area contributed by atoms with Crippen LogP contribution in [0.2, 0.25) is 6.82 Å². The van der Waals surface area contributed by atoms with Crippen molar-refractivity contribution >= 4 is 18.3 Å². The van der Waals surface area contributed by atoms with Crippen LogP contribution >= 0.6 is 0 Å². The van der Waals surface area contributed by atoms with Crippen molar-refractivity contribution in [2.24, 2.45) is 0 Å². The normalized spacial score (nSPS) is 9.60. The fourth-order valence-electron chi connectivity index (χ4n) is 1.30. The molecule has 1 aromatic carbocycles. The highest BCUT2D eigenvalue weighted by atomic mass is 16.5.